The number of hydrogen-bond acceptors (Lipinski definition) is 6. The Labute approximate surface area is 175 Å². The molecule has 150 valence electrons. The van der Waals surface area contributed by atoms with E-state index in [1.165, 1.54) is 34.2 Å². The number of likely N-dealkylation sites (N-methyl/N-ethyl adjacent to an activating group) is 1. The number of benzene rings is 1. The second kappa shape index (κ2) is 7.27. The molecule has 5 rings (SSSR count). The molecule has 0 amide bonds. The molecule has 1 N–H and O–H groups in total. The van der Waals surface area contributed by atoms with E-state index in [0.717, 1.165) is 23.2 Å². The van der Waals surface area contributed by atoms with E-state index in [1.807, 2.05) is 0 Å². The first kappa shape index (κ1) is 18.8. The van der Waals surface area contributed by atoms with E-state index in [1.54, 1.807) is 23.6 Å². The van der Waals surface area contributed by atoms with Crippen molar-refractivity contribution in [3.05, 3.63) is 46.4 Å². The molecule has 29 heavy (non-hydrogen) atoms. The van der Waals surface area contributed by atoms with Gasteiger partial charge in [-0.25, -0.2) is 18.7 Å². The monoisotopic (exact) mass is 430 g/mol. The third-order valence-electron chi connectivity index (χ3n) is 5.90. The molecule has 4 heterocycles. The van der Waals surface area contributed by atoms with Gasteiger partial charge in [-0.2, -0.15) is 0 Å². The van der Waals surface area contributed by atoms with Crippen molar-refractivity contribution in [2.24, 2.45) is 0 Å². The number of halogens is 2. The van der Waals surface area contributed by atoms with Gasteiger partial charge in [-0.15, -0.1) is 22.7 Å². The number of aromatic nitrogens is 2. The molecule has 0 unspecified atom stereocenters. The Bertz CT molecular complexity index is 1200. The first-order valence-corrected chi connectivity index (χ1v) is 11.3. The molecule has 3 aromatic heterocycles. The fraction of sp³-hybridized carbons (Fsp3) is 0.333. The zero-order valence-corrected chi connectivity index (χ0v) is 17.7. The van der Waals surface area contributed by atoms with Gasteiger partial charge in [0.1, 0.15) is 16.0 Å². The van der Waals surface area contributed by atoms with Crippen LogP contribution in [-0.4, -0.2) is 34.5 Å². The smallest absolute Gasteiger partial charge is 0.176 e. The van der Waals surface area contributed by atoms with E-state index in [4.69, 9.17) is 0 Å². The third-order valence-corrected chi connectivity index (χ3v) is 7.85. The SMILES string of the molecule is C[C@@H]1[C@@H](c2cc3c(Nc4c(F)cc5scnc5c4F)ccnc3s2)CCCN1C. The summed E-state index contributed by atoms with van der Waals surface area (Å²) < 4.78 is 30.0. The van der Waals surface area contributed by atoms with Crippen LogP contribution < -0.4 is 5.32 Å². The molecule has 4 nitrogen and oxygen atoms in total. The molecular weight excluding hydrogens is 410 g/mol. The largest absolute Gasteiger partial charge is 0.350 e. The number of nitrogens with zero attached hydrogens (tertiary/aromatic N) is 3. The van der Waals surface area contributed by atoms with Gasteiger partial charge in [0.05, 0.1) is 15.9 Å². The van der Waals surface area contributed by atoms with Crippen LogP contribution in [0.15, 0.2) is 29.9 Å². The summed E-state index contributed by atoms with van der Waals surface area (Å²) in [4.78, 5) is 13.1. The van der Waals surface area contributed by atoms with Gasteiger partial charge in [0.15, 0.2) is 11.6 Å². The number of anilines is 2. The Morgan fingerprint density at radius 3 is 2.97 bits per heavy atom. The Morgan fingerprint density at radius 2 is 2.10 bits per heavy atom. The fourth-order valence-corrected chi connectivity index (χ4v) is 6.08. The number of nitrogens with one attached hydrogen (secondary N) is 1. The molecule has 8 heteroatoms. The third kappa shape index (κ3) is 3.19. The lowest BCUT2D eigenvalue weighted by Gasteiger charge is -2.36. The molecule has 2 atom stereocenters. The Hall–Kier alpha value is -2.16. The highest BCUT2D eigenvalue weighted by molar-refractivity contribution is 7.18. The molecule has 1 aliphatic rings. The lowest BCUT2D eigenvalue weighted by atomic mass is 9.89. The second-order valence-electron chi connectivity index (χ2n) is 7.57. The number of likely N-dealkylation sites (tertiary alicyclic amines) is 1. The van der Waals surface area contributed by atoms with Crippen LogP contribution in [0.2, 0.25) is 0 Å². The molecule has 0 bridgehead atoms. The van der Waals surface area contributed by atoms with Crippen LogP contribution in [0.4, 0.5) is 20.2 Å². The van der Waals surface area contributed by atoms with E-state index in [0.29, 0.717) is 22.3 Å². The summed E-state index contributed by atoms with van der Waals surface area (Å²) in [5.41, 5.74) is 2.19. The van der Waals surface area contributed by atoms with Gasteiger partial charge in [0.25, 0.3) is 0 Å². The molecule has 1 saturated heterocycles. The van der Waals surface area contributed by atoms with E-state index >= 15 is 0 Å². The van der Waals surface area contributed by atoms with Crippen molar-refractivity contribution in [1.29, 1.82) is 0 Å². The average Bonchev–Trinajstić information content (AvgIpc) is 3.34. The molecule has 1 fully saturated rings. The quantitative estimate of drug-likeness (QED) is 0.425. The van der Waals surface area contributed by atoms with Crippen LogP contribution in [-0.2, 0) is 0 Å². The molecule has 0 saturated carbocycles. The maximum absolute atomic E-state index is 14.9. The van der Waals surface area contributed by atoms with Crippen LogP contribution in [0.3, 0.4) is 0 Å². The minimum absolute atomic E-state index is 0.172. The van der Waals surface area contributed by atoms with Crippen LogP contribution in [0, 0.1) is 11.6 Å². The molecular formula is C21H20F2N4S2. The highest BCUT2D eigenvalue weighted by atomic mass is 32.1. The van der Waals surface area contributed by atoms with Gasteiger partial charge in [-0.05, 0) is 51.6 Å². The molecule has 1 aromatic carbocycles. The minimum atomic E-state index is -0.663. The number of fused-ring (bicyclic) bond motifs is 2. The van der Waals surface area contributed by atoms with Crippen molar-refractivity contribution in [3.8, 4) is 0 Å². The van der Waals surface area contributed by atoms with Crippen LogP contribution in [0.1, 0.15) is 30.6 Å². The van der Waals surface area contributed by atoms with E-state index in [2.05, 4.69) is 40.2 Å². The van der Waals surface area contributed by atoms with E-state index in [9.17, 15) is 8.78 Å². The fourth-order valence-electron chi connectivity index (χ4n) is 4.12. The topological polar surface area (TPSA) is 41.1 Å². The highest BCUT2D eigenvalue weighted by Crippen LogP contribution is 2.41. The first-order chi connectivity index (χ1) is 14.0. The lowest BCUT2D eigenvalue weighted by Crippen LogP contribution is -2.38. The number of piperidine rings is 1. The molecule has 0 spiro atoms. The van der Waals surface area contributed by atoms with Gasteiger partial charge in [-0.1, -0.05) is 0 Å². The molecule has 4 aromatic rings. The maximum Gasteiger partial charge on any atom is 0.176 e. The number of hydrogen-bond donors (Lipinski definition) is 1. The Morgan fingerprint density at radius 1 is 1.24 bits per heavy atom. The second-order valence-corrected chi connectivity index (χ2v) is 9.52. The van der Waals surface area contributed by atoms with Crippen molar-refractivity contribution in [3.63, 3.8) is 0 Å². The van der Waals surface area contributed by atoms with Crippen LogP contribution in [0.5, 0.6) is 0 Å². The zero-order valence-electron chi connectivity index (χ0n) is 16.1. The minimum Gasteiger partial charge on any atom is -0.350 e. The summed E-state index contributed by atoms with van der Waals surface area (Å²) in [6, 6.07) is 5.68. The van der Waals surface area contributed by atoms with E-state index in [-0.39, 0.29) is 11.2 Å². The standard InChI is InChI=1S/C21H20F2N4S2/c1-11-12(4-3-7-27(11)2)16-8-13-15(5-6-24-21(13)29-16)26-19-14(22)9-17-20(18(19)23)25-10-28-17/h5-6,8-12H,3-4,7H2,1-2H3,(H,24,26)/t11-,12+/m1/s1. The van der Waals surface area contributed by atoms with Gasteiger partial charge < -0.3 is 10.2 Å². The van der Waals surface area contributed by atoms with Gasteiger partial charge in [0, 0.05) is 28.4 Å². The van der Waals surface area contributed by atoms with Gasteiger partial charge in [-0.3, -0.25) is 0 Å². The maximum atomic E-state index is 14.9. The van der Waals surface area contributed by atoms with Gasteiger partial charge >= 0.3 is 0 Å². The van der Waals surface area contributed by atoms with Crippen molar-refractivity contribution in [1.82, 2.24) is 14.9 Å². The summed E-state index contributed by atoms with van der Waals surface area (Å²) >= 11 is 2.89. The van der Waals surface area contributed by atoms with Crippen molar-refractivity contribution in [2.75, 3.05) is 18.9 Å². The Balaban J connectivity index is 1.56. The Kier molecular flexibility index (Phi) is 4.72. The molecule has 0 aliphatic carbocycles. The summed E-state index contributed by atoms with van der Waals surface area (Å²) in [7, 11) is 2.16. The molecule has 0 radical (unpaired) electrons. The van der Waals surface area contributed by atoms with E-state index < -0.39 is 11.6 Å². The molecule has 1 aliphatic heterocycles. The average molecular weight is 431 g/mol. The summed E-state index contributed by atoms with van der Waals surface area (Å²) in [5.74, 6) is -0.841. The number of rotatable bonds is 3. The van der Waals surface area contributed by atoms with Crippen LogP contribution in [0.25, 0.3) is 20.4 Å². The van der Waals surface area contributed by atoms with Gasteiger partial charge in [0.2, 0.25) is 0 Å². The number of thiophene rings is 1. The predicted molar refractivity (Wildman–Crippen MR) is 117 cm³/mol. The first-order valence-electron chi connectivity index (χ1n) is 9.60. The lowest BCUT2D eigenvalue weighted by molar-refractivity contribution is 0.176. The number of thiazole rings is 1. The van der Waals surface area contributed by atoms with Crippen molar-refractivity contribution >= 4 is 54.5 Å². The van der Waals surface area contributed by atoms with Crippen LogP contribution >= 0.6 is 22.7 Å². The summed E-state index contributed by atoms with van der Waals surface area (Å²) in [6.07, 6.45) is 3.99. The predicted octanol–water partition coefficient (Wildman–Crippen LogP) is 6.13. The number of pyridine rings is 1. The van der Waals surface area contributed by atoms with Crippen molar-refractivity contribution < 1.29 is 8.78 Å². The summed E-state index contributed by atoms with van der Waals surface area (Å²) in [5, 5.41) is 3.87. The zero-order chi connectivity index (χ0) is 20.1. The highest BCUT2D eigenvalue weighted by Gasteiger charge is 2.28. The normalized spacial score (nSPS) is 20.6. The van der Waals surface area contributed by atoms with Crippen molar-refractivity contribution in [2.45, 2.75) is 31.7 Å². The summed E-state index contributed by atoms with van der Waals surface area (Å²) in [6.45, 7) is 3.37.